The van der Waals surface area contributed by atoms with Crippen molar-refractivity contribution in [3.05, 3.63) is 23.8 Å². The molecule has 0 aliphatic carbocycles. The fraction of sp³-hybridized carbons (Fsp3) is 0.533. The molecule has 0 heterocycles. The summed E-state index contributed by atoms with van der Waals surface area (Å²) in [4.78, 5) is 12.0. The van der Waals surface area contributed by atoms with Gasteiger partial charge in [-0.15, -0.1) is 0 Å². The highest BCUT2D eigenvalue weighted by Crippen LogP contribution is 2.24. The molecule has 0 aliphatic rings. The Balaban J connectivity index is 2.76. The van der Waals surface area contributed by atoms with Crippen molar-refractivity contribution in [2.24, 2.45) is 11.1 Å². The summed E-state index contributed by atoms with van der Waals surface area (Å²) in [6.07, 6.45) is 0. The summed E-state index contributed by atoms with van der Waals surface area (Å²) < 4.78 is 10.4. The van der Waals surface area contributed by atoms with Crippen molar-refractivity contribution in [1.82, 2.24) is 5.32 Å². The van der Waals surface area contributed by atoms with Crippen molar-refractivity contribution in [2.45, 2.75) is 33.4 Å². The van der Waals surface area contributed by atoms with Crippen molar-refractivity contribution in [3.63, 3.8) is 0 Å². The van der Waals surface area contributed by atoms with Crippen molar-refractivity contribution in [1.29, 1.82) is 0 Å². The number of methoxy groups -OCH3 is 2. The molecule has 3 N–H and O–H groups in total. The molecular weight excluding hydrogens is 256 g/mol. The number of benzene rings is 1. The van der Waals surface area contributed by atoms with Crippen LogP contribution in [0, 0.1) is 5.41 Å². The Morgan fingerprint density at radius 3 is 2.45 bits per heavy atom. The zero-order valence-electron chi connectivity index (χ0n) is 12.8. The van der Waals surface area contributed by atoms with E-state index < -0.39 is 6.04 Å². The van der Waals surface area contributed by atoms with Gasteiger partial charge in [0.05, 0.1) is 20.3 Å². The molecule has 5 nitrogen and oxygen atoms in total. The predicted molar refractivity (Wildman–Crippen MR) is 78.8 cm³/mol. The minimum Gasteiger partial charge on any atom is -0.497 e. The number of hydrogen-bond acceptors (Lipinski definition) is 4. The molecule has 0 radical (unpaired) electrons. The third-order valence-electron chi connectivity index (χ3n) is 3.16. The standard InChI is InChI=1S/C15H24N2O3/c1-15(2,3)13(16)14(18)17-9-10-8-11(19-4)6-7-12(10)20-5/h6-8,13H,9,16H2,1-5H3,(H,17,18). The van der Waals surface area contributed by atoms with Gasteiger partial charge in [-0.3, -0.25) is 4.79 Å². The third kappa shape index (κ3) is 4.13. The summed E-state index contributed by atoms with van der Waals surface area (Å²) >= 11 is 0. The first-order chi connectivity index (χ1) is 9.29. The molecule has 20 heavy (non-hydrogen) atoms. The van der Waals surface area contributed by atoms with Gasteiger partial charge in [-0.25, -0.2) is 0 Å². The molecule has 0 fully saturated rings. The molecule has 112 valence electrons. The number of rotatable bonds is 5. The Morgan fingerprint density at radius 1 is 1.30 bits per heavy atom. The molecule has 0 saturated carbocycles. The highest BCUT2D eigenvalue weighted by molar-refractivity contribution is 5.82. The van der Waals surface area contributed by atoms with E-state index in [1.165, 1.54) is 0 Å². The van der Waals surface area contributed by atoms with Gasteiger partial charge < -0.3 is 20.5 Å². The average molecular weight is 280 g/mol. The molecule has 0 bridgehead atoms. The summed E-state index contributed by atoms with van der Waals surface area (Å²) in [6, 6.07) is 4.90. The highest BCUT2D eigenvalue weighted by atomic mass is 16.5. The van der Waals surface area contributed by atoms with E-state index in [1.54, 1.807) is 14.2 Å². The molecule has 0 saturated heterocycles. The van der Waals surface area contributed by atoms with Crippen LogP contribution in [0.15, 0.2) is 18.2 Å². The second kappa shape index (κ2) is 6.61. The summed E-state index contributed by atoms with van der Waals surface area (Å²) in [5.41, 5.74) is 6.49. The van der Waals surface area contributed by atoms with E-state index in [2.05, 4.69) is 5.32 Å². The van der Waals surface area contributed by atoms with E-state index in [1.807, 2.05) is 39.0 Å². The van der Waals surface area contributed by atoms with Crippen LogP contribution in [-0.4, -0.2) is 26.2 Å². The molecule has 0 spiro atoms. The second-order valence-corrected chi connectivity index (χ2v) is 5.74. The van der Waals surface area contributed by atoms with Gasteiger partial charge in [-0.1, -0.05) is 20.8 Å². The number of carbonyl (C=O) groups is 1. The smallest absolute Gasteiger partial charge is 0.237 e. The fourth-order valence-electron chi connectivity index (χ4n) is 1.71. The van der Waals surface area contributed by atoms with Crippen LogP contribution < -0.4 is 20.5 Å². The molecule has 1 aromatic rings. The summed E-state index contributed by atoms with van der Waals surface area (Å²) in [5.74, 6) is 1.24. The molecule has 1 atom stereocenters. The third-order valence-corrected chi connectivity index (χ3v) is 3.16. The quantitative estimate of drug-likeness (QED) is 0.861. The molecule has 1 amide bonds. The molecule has 1 aromatic carbocycles. The van der Waals surface area contributed by atoms with E-state index in [9.17, 15) is 4.79 Å². The number of hydrogen-bond donors (Lipinski definition) is 2. The first-order valence-electron chi connectivity index (χ1n) is 6.53. The maximum atomic E-state index is 12.0. The SMILES string of the molecule is COc1ccc(OC)c(CNC(=O)C(N)C(C)(C)C)c1. The van der Waals surface area contributed by atoms with Gasteiger partial charge in [0.25, 0.3) is 0 Å². The lowest BCUT2D eigenvalue weighted by Crippen LogP contribution is -2.48. The van der Waals surface area contributed by atoms with E-state index in [4.69, 9.17) is 15.2 Å². The molecule has 0 aliphatic heterocycles. The zero-order chi connectivity index (χ0) is 15.3. The largest absolute Gasteiger partial charge is 0.497 e. The fourth-order valence-corrected chi connectivity index (χ4v) is 1.71. The van der Waals surface area contributed by atoms with Crippen molar-refractivity contribution in [2.75, 3.05) is 14.2 Å². The Labute approximate surface area is 120 Å². The molecule has 1 unspecified atom stereocenters. The maximum absolute atomic E-state index is 12.0. The summed E-state index contributed by atoms with van der Waals surface area (Å²) in [5, 5.41) is 2.83. The number of carbonyl (C=O) groups excluding carboxylic acids is 1. The van der Waals surface area contributed by atoms with E-state index >= 15 is 0 Å². The second-order valence-electron chi connectivity index (χ2n) is 5.74. The Hall–Kier alpha value is -1.75. The molecule has 5 heteroatoms. The van der Waals surface area contributed by atoms with Crippen LogP contribution in [0.1, 0.15) is 26.3 Å². The van der Waals surface area contributed by atoms with E-state index in [0.717, 1.165) is 11.3 Å². The maximum Gasteiger partial charge on any atom is 0.237 e. The zero-order valence-corrected chi connectivity index (χ0v) is 12.8. The van der Waals surface area contributed by atoms with Crippen LogP contribution in [0.3, 0.4) is 0 Å². The first-order valence-corrected chi connectivity index (χ1v) is 6.53. The van der Waals surface area contributed by atoms with Crippen molar-refractivity contribution in [3.8, 4) is 11.5 Å². The lowest BCUT2D eigenvalue weighted by atomic mass is 9.87. The number of amides is 1. The van der Waals surface area contributed by atoms with Gasteiger partial charge in [0.1, 0.15) is 11.5 Å². The molecular formula is C15H24N2O3. The lowest BCUT2D eigenvalue weighted by molar-refractivity contribution is -0.124. The van der Waals surface area contributed by atoms with Crippen LogP contribution >= 0.6 is 0 Å². The molecule has 1 rings (SSSR count). The van der Waals surface area contributed by atoms with E-state index in [0.29, 0.717) is 12.3 Å². The van der Waals surface area contributed by atoms with Gasteiger partial charge >= 0.3 is 0 Å². The van der Waals surface area contributed by atoms with Crippen LogP contribution in [0.2, 0.25) is 0 Å². The normalized spacial score (nSPS) is 12.7. The highest BCUT2D eigenvalue weighted by Gasteiger charge is 2.27. The topological polar surface area (TPSA) is 73.6 Å². The van der Waals surface area contributed by atoms with Gasteiger partial charge in [0, 0.05) is 12.1 Å². The number of nitrogens with two attached hydrogens (primary N) is 1. The summed E-state index contributed by atoms with van der Waals surface area (Å²) in [7, 11) is 3.19. The van der Waals surface area contributed by atoms with Crippen molar-refractivity contribution >= 4 is 5.91 Å². The minimum atomic E-state index is -0.556. The van der Waals surface area contributed by atoms with Gasteiger partial charge in [-0.2, -0.15) is 0 Å². The Morgan fingerprint density at radius 2 is 1.95 bits per heavy atom. The Bertz CT molecular complexity index is 467. The number of ether oxygens (including phenoxy) is 2. The van der Waals surface area contributed by atoms with Crippen LogP contribution in [0.25, 0.3) is 0 Å². The van der Waals surface area contributed by atoms with Gasteiger partial charge in [0.2, 0.25) is 5.91 Å². The minimum absolute atomic E-state index is 0.178. The van der Waals surface area contributed by atoms with Gasteiger partial charge in [-0.05, 0) is 23.6 Å². The number of nitrogens with one attached hydrogen (secondary N) is 1. The predicted octanol–water partition coefficient (Wildman–Crippen LogP) is 1.69. The van der Waals surface area contributed by atoms with Crippen LogP contribution in [0.4, 0.5) is 0 Å². The van der Waals surface area contributed by atoms with Crippen LogP contribution in [0.5, 0.6) is 11.5 Å². The Kier molecular flexibility index (Phi) is 5.39. The summed E-state index contributed by atoms with van der Waals surface area (Å²) in [6.45, 7) is 6.15. The van der Waals surface area contributed by atoms with Gasteiger partial charge in [0.15, 0.2) is 0 Å². The monoisotopic (exact) mass is 280 g/mol. The van der Waals surface area contributed by atoms with Crippen LogP contribution in [-0.2, 0) is 11.3 Å². The van der Waals surface area contributed by atoms with E-state index in [-0.39, 0.29) is 11.3 Å². The van der Waals surface area contributed by atoms with Crippen molar-refractivity contribution < 1.29 is 14.3 Å². The lowest BCUT2D eigenvalue weighted by Gasteiger charge is -2.26. The molecule has 0 aromatic heterocycles. The average Bonchev–Trinajstić information content (AvgIpc) is 2.42. The first kappa shape index (κ1) is 16.3.